The maximum atomic E-state index is 12.7. The van der Waals surface area contributed by atoms with E-state index in [2.05, 4.69) is 54.4 Å². The second-order valence-electron chi connectivity index (χ2n) is 8.37. The predicted molar refractivity (Wildman–Crippen MR) is 135 cm³/mol. The van der Waals surface area contributed by atoms with Gasteiger partial charge in [0, 0.05) is 49.5 Å². The number of nitrogens with one attached hydrogen (secondary N) is 3. The smallest absolute Gasteiger partial charge is 0.256 e. The number of carbonyl (C=O) groups is 1. The molecule has 1 aliphatic heterocycles. The van der Waals surface area contributed by atoms with E-state index >= 15 is 0 Å². The van der Waals surface area contributed by atoms with Gasteiger partial charge in [0.25, 0.3) is 5.91 Å². The van der Waals surface area contributed by atoms with Gasteiger partial charge < -0.3 is 25.6 Å². The molecule has 0 bridgehead atoms. The van der Waals surface area contributed by atoms with Crippen LogP contribution in [0.25, 0.3) is 0 Å². The average molecular weight is 475 g/mol. The van der Waals surface area contributed by atoms with E-state index in [9.17, 15) is 4.79 Å². The summed E-state index contributed by atoms with van der Waals surface area (Å²) in [6, 6.07) is 9.19. The van der Waals surface area contributed by atoms with Crippen molar-refractivity contribution in [2.75, 3.05) is 37.3 Å². The Morgan fingerprint density at radius 3 is 2.80 bits per heavy atom. The Morgan fingerprint density at radius 1 is 1.20 bits per heavy atom. The van der Waals surface area contributed by atoms with E-state index in [0.29, 0.717) is 30.0 Å². The minimum Gasteiger partial charge on any atom is -0.474 e. The Labute approximate surface area is 204 Å². The molecular weight excluding hydrogens is 444 g/mol. The van der Waals surface area contributed by atoms with Crippen molar-refractivity contribution in [2.24, 2.45) is 0 Å². The monoisotopic (exact) mass is 474 g/mol. The zero-order chi connectivity index (χ0) is 24.6. The van der Waals surface area contributed by atoms with Crippen LogP contribution in [0.3, 0.4) is 0 Å². The molecule has 0 radical (unpaired) electrons. The highest BCUT2D eigenvalue weighted by Crippen LogP contribution is 2.23. The van der Waals surface area contributed by atoms with E-state index in [-0.39, 0.29) is 17.6 Å². The zero-order valence-electron chi connectivity index (χ0n) is 20.0. The molecule has 35 heavy (non-hydrogen) atoms. The molecular formula is C25H30N8O2. The van der Waals surface area contributed by atoms with Crippen molar-refractivity contribution in [3.8, 4) is 5.88 Å². The summed E-state index contributed by atoms with van der Waals surface area (Å²) < 4.78 is 6.11. The van der Waals surface area contributed by atoms with Crippen LogP contribution in [0, 0.1) is 6.92 Å². The number of pyridine rings is 2. The zero-order valence-corrected chi connectivity index (χ0v) is 20.0. The Bertz CT molecular complexity index is 1180. The summed E-state index contributed by atoms with van der Waals surface area (Å²) >= 11 is 0. The summed E-state index contributed by atoms with van der Waals surface area (Å²) in [5.74, 6) is 1.37. The second-order valence-corrected chi connectivity index (χ2v) is 8.37. The molecule has 0 spiro atoms. The molecule has 1 aliphatic rings. The fourth-order valence-electron chi connectivity index (χ4n) is 3.66. The van der Waals surface area contributed by atoms with Crippen molar-refractivity contribution in [3.63, 3.8) is 0 Å². The highest BCUT2D eigenvalue weighted by atomic mass is 16.5. The van der Waals surface area contributed by atoms with Gasteiger partial charge in [-0.15, -0.1) is 6.58 Å². The number of piperidine rings is 1. The number of nitrogens with zero attached hydrogens (tertiary/aromatic N) is 5. The molecule has 0 atom stereocenters. The van der Waals surface area contributed by atoms with Gasteiger partial charge in [-0.3, -0.25) is 9.78 Å². The van der Waals surface area contributed by atoms with Crippen LogP contribution in [0.1, 0.15) is 28.9 Å². The SMILES string of the molecule is C=CCNC(=O)c1cnc(Nc2ccnc(C)c2)nc1Nc1cccc(OC2CCN(C)CC2)n1. The van der Waals surface area contributed by atoms with E-state index < -0.39 is 0 Å². The van der Waals surface area contributed by atoms with Gasteiger partial charge in [0.05, 0.1) is 0 Å². The van der Waals surface area contributed by atoms with Crippen LogP contribution in [0.15, 0.2) is 55.4 Å². The maximum Gasteiger partial charge on any atom is 0.256 e. The third-order valence-corrected chi connectivity index (χ3v) is 5.52. The number of hydrogen-bond donors (Lipinski definition) is 3. The number of aromatic nitrogens is 4. The average Bonchev–Trinajstić information content (AvgIpc) is 2.84. The van der Waals surface area contributed by atoms with E-state index in [4.69, 9.17) is 4.74 Å². The minimum absolute atomic E-state index is 0.132. The summed E-state index contributed by atoms with van der Waals surface area (Å²) in [6.07, 6.45) is 6.83. The van der Waals surface area contributed by atoms with Gasteiger partial charge in [0.15, 0.2) is 0 Å². The van der Waals surface area contributed by atoms with Crippen molar-refractivity contribution in [1.29, 1.82) is 0 Å². The number of aryl methyl sites for hydroxylation is 1. The van der Waals surface area contributed by atoms with Crippen molar-refractivity contribution in [2.45, 2.75) is 25.9 Å². The summed E-state index contributed by atoms with van der Waals surface area (Å²) in [7, 11) is 2.11. The van der Waals surface area contributed by atoms with E-state index in [0.717, 1.165) is 37.3 Å². The number of likely N-dealkylation sites (tertiary alicyclic amines) is 1. The maximum absolute atomic E-state index is 12.7. The first-order chi connectivity index (χ1) is 17.0. The lowest BCUT2D eigenvalue weighted by atomic mass is 10.1. The second kappa shape index (κ2) is 11.4. The van der Waals surface area contributed by atoms with Crippen LogP contribution in [0.2, 0.25) is 0 Å². The fraction of sp³-hybridized carbons (Fsp3) is 0.320. The lowest BCUT2D eigenvalue weighted by molar-refractivity contribution is 0.0958. The van der Waals surface area contributed by atoms with E-state index in [1.165, 1.54) is 6.20 Å². The topological polar surface area (TPSA) is 117 Å². The van der Waals surface area contributed by atoms with Crippen LogP contribution < -0.4 is 20.7 Å². The van der Waals surface area contributed by atoms with Gasteiger partial charge >= 0.3 is 0 Å². The Morgan fingerprint density at radius 2 is 2.03 bits per heavy atom. The third kappa shape index (κ3) is 6.73. The first kappa shape index (κ1) is 24.1. The fourth-order valence-corrected chi connectivity index (χ4v) is 3.66. The highest BCUT2D eigenvalue weighted by Gasteiger charge is 2.19. The Balaban J connectivity index is 1.56. The molecule has 0 aliphatic carbocycles. The van der Waals surface area contributed by atoms with Gasteiger partial charge in [-0.05, 0) is 45.0 Å². The molecule has 1 saturated heterocycles. The van der Waals surface area contributed by atoms with E-state index in [1.807, 2.05) is 31.2 Å². The summed E-state index contributed by atoms with van der Waals surface area (Å²) in [4.78, 5) is 32.7. The number of ether oxygens (including phenoxy) is 1. The normalized spacial score (nSPS) is 14.2. The van der Waals surface area contributed by atoms with Crippen LogP contribution in [-0.2, 0) is 0 Å². The molecule has 4 rings (SSSR count). The Hall–Kier alpha value is -4.05. The minimum atomic E-state index is -0.322. The molecule has 3 aromatic rings. The Kier molecular flexibility index (Phi) is 7.84. The van der Waals surface area contributed by atoms with Crippen LogP contribution in [0.4, 0.5) is 23.3 Å². The van der Waals surface area contributed by atoms with Crippen molar-refractivity contribution < 1.29 is 9.53 Å². The van der Waals surface area contributed by atoms with Crippen LogP contribution in [-0.4, -0.2) is 63.5 Å². The molecule has 0 unspecified atom stereocenters. The molecule has 10 nitrogen and oxygen atoms in total. The summed E-state index contributed by atoms with van der Waals surface area (Å²) in [5, 5.41) is 9.08. The van der Waals surface area contributed by atoms with Gasteiger partial charge in [0.2, 0.25) is 11.8 Å². The van der Waals surface area contributed by atoms with Gasteiger partial charge in [-0.2, -0.15) is 9.97 Å². The van der Waals surface area contributed by atoms with Gasteiger partial charge in [-0.1, -0.05) is 12.1 Å². The largest absolute Gasteiger partial charge is 0.474 e. The van der Waals surface area contributed by atoms with Crippen molar-refractivity contribution in [1.82, 2.24) is 30.2 Å². The van der Waals surface area contributed by atoms with Gasteiger partial charge in [-0.25, -0.2) is 4.98 Å². The number of carbonyl (C=O) groups excluding carboxylic acids is 1. The molecule has 4 heterocycles. The van der Waals surface area contributed by atoms with E-state index in [1.54, 1.807) is 18.3 Å². The molecule has 3 aromatic heterocycles. The molecule has 10 heteroatoms. The van der Waals surface area contributed by atoms with Gasteiger partial charge in [0.1, 0.15) is 23.3 Å². The first-order valence-electron chi connectivity index (χ1n) is 11.6. The summed E-state index contributed by atoms with van der Waals surface area (Å²) in [6.45, 7) is 7.87. The first-order valence-corrected chi connectivity index (χ1v) is 11.6. The number of rotatable bonds is 9. The number of hydrogen-bond acceptors (Lipinski definition) is 9. The van der Waals surface area contributed by atoms with Crippen LogP contribution in [0.5, 0.6) is 5.88 Å². The predicted octanol–water partition coefficient (Wildman–Crippen LogP) is 3.45. The number of anilines is 4. The third-order valence-electron chi connectivity index (χ3n) is 5.52. The molecule has 3 N–H and O–H groups in total. The standard InChI is InChI=1S/C25H30N8O2/c1-4-11-27-24(34)20-16-28-25(29-18-8-12-26-17(2)15-18)32-23(20)31-21-6-5-7-22(30-21)35-19-9-13-33(3)14-10-19/h4-8,12,15-16,19H,1,9-11,13-14H2,2-3H3,(H,27,34)(H2,26,28,29,30,31,32). The quantitative estimate of drug-likeness (QED) is 0.401. The number of amides is 1. The highest BCUT2D eigenvalue weighted by molar-refractivity contribution is 5.99. The lowest BCUT2D eigenvalue weighted by Gasteiger charge is -2.29. The van der Waals surface area contributed by atoms with Crippen molar-refractivity contribution in [3.05, 3.63) is 66.6 Å². The van der Waals surface area contributed by atoms with Crippen molar-refractivity contribution >= 4 is 29.2 Å². The summed E-state index contributed by atoms with van der Waals surface area (Å²) in [5.41, 5.74) is 1.94. The lowest BCUT2D eigenvalue weighted by Crippen LogP contribution is -2.35. The molecule has 0 aromatic carbocycles. The molecule has 1 amide bonds. The van der Waals surface area contributed by atoms with Crippen LogP contribution >= 0.6 is 0 Å². The molecule has 182 valence electrons. The molecule has 0 saturated carbocycles. The molecule has 1 fully saturated rings.